The number of aromatic nitrogens is 3. The van der Waals surface area contributed by atoms with Crippen molar-refractivity contribution in [3.8, 4) is 0 Å². The Morgan fingerprint density at radius 2 is 2.15 bits per heavy atom. The Bertz CT molecular complexity index is 824. The number of H-pyrrole nitrogens is 1. The Kier molecular flexibility index (Phi) is 5.26. The molecule has 1 fully saturated rings. The normalized spacial score (nSPS) is 15.0. The molecule has 0 saturated carbocycles. The second-order valence-corrected chi connectivity index (χ2v) is 6.64. The van der Waals surface area contributed by atoms with Crippen LogP contribution < -0.4 is 0 Å². The second kappa shape index (κ2) is 7.60. The topological polar surface area (TPSA) is 131 Å². The van der Waals surface area contributed by atoms with Gasteiger partial charge in [0.1, 0.15) is 0 Å². The largest absolute Gasteiger partial charge is 0.461 e. The molecule has 1 amide bonds. The van der Waals surface area contributed by atoms with Gasteiger partial charge in [-0.05, 0) is 24.7 Å². The molecule has 0 spiro atoms. The molecule has 1 saturated heterocycles. The lowest BCUT2D eigenvalue weighted by Gasteiger charge is -2.30. The highest BCUT2D eigenvalue weighted by molar-refractivity contribution is 7.09. The highest BCUT2D eigenvalue weighted by Crippen LogP contribution is 2.31. The molecule has 0 unspecified atom stereocenters. The summed E-state index contributed by atoms with van der Waals surface area (Å²) >= 11 is 1.42. The first-order valence-electron chi connectivity index (χ1n) is 8.11. The smallest absolute Gasteiger partial charge is 0.357 e. The maximum absolute atomic E-state index is 12.4. The SMILES string of the molecule is CCOC(=O)c1csc(C2CCN(C(=O)c3cc([N+](=O)[O-])[nH]n3)CC2)n1. The Hall–Kier alpha value is -2.82. The van der Waals surface area contributed by atoms with Gasteiger partial charge in [0.15, 0.2) is 11.4 Å². The van der Waals surface area contributed by atoms with Crippen LogP contribution in [-0.2, 0) is 4.74 Å². The quantitative estimate of drug-likeness (QED) is 0.477. The molecule has 2 aromatic heterocycles. The zero-order valence-corrected chi connectivity index (χ0v) is 14.8. The number of nitrogens with zero attached hydrogens (tertiary/aromatic N) is 4. The molecule has 10 nitrogen and oxygen atoms in total. The lowest BCUT2D eigenvalue weighted by molar-refractivity contribution is -0.389. The molecular weight excluding hydrogens is 362 g/mol. The van der Waals surface area contributed by atoms with E-state index in [0.717, 1.165) is 11.1 Å². The van der Waals surface area contributed by atoms with Gasteiger partial charge >= 0.3 is 11.8 Å². The maximum Gasteiger partial charge on any atom is 0.357 e. The number of hydrogen-bond acceptors (Lipinski definition) is 8. The number of rotatable bonds is 5. The summed E-state index contributed by atoms with van der Waals surface area (Å²) in [7, 11) is 0. The summed E-state index contributed by atoms with van der Waals surface area (Å²) in [4.78, 5) is 40.1. The second-order valence-electron chi connectivity index (χ2n) is 5.75. The van der Waals surface area contributed by atoms with Crippen molar-refractivity contribution in [2.45, 2.75) is 25.7 Å². The highest BCUT2D eigenvalue weighted by atomic mass is 32.1. The van der Waals surface area contributed by atoms with Crippen LogP contribution in [0, 0.1) is 10.1 Å². The van der Waals surface area contributed by atoms with Gasteiger partial charge in [-0.25, -0.2) is 9.78 Å². The molecule has 3 heterocycles. The van der Waals surface area contributed by atoms with Crippen molar-refractivity contribution in [1.29, 1.82) is 0 Å². The Balaban J connectivity index is 1.59. The number of nitro groups is 1. The molecule has 11 heteroatoms. The van der Waals surface area contributed by atoms with E-state index >= 15 is 0 Å². The molecule has 0 radical (unpaired) electrons. The fourth-order valence-corrected chi connectivity index (χ4v) is 3.74. The highest BCUT2D eigenvalue weighted by Gasteiger charge is 2.29. The van der Waals surface area contributed by atoms with Crippen LogP contribution in [0.3, 0.4) is 0 Å². The minimum absolute atomic E-state index is 0.0361. The average molecular weight is 379 g/mol. The van der Waals surface area contributed by atoms with E-state index < -0.39 is 10.9 Å². The molecule has 26 heavy (non-hydrogen) atoms. The number of thiazole rings is 1. The van der Waals surface area contributed by atoms with Gasteiger partial charge in [0, 0.05) is 24.4 Å². The lowest BCUT2D eigenvalue weighted by atomic mass is 9.97. The van der Waals surface area contributed by atoms with Crippen LogP contribution in [0.15, 0.2) is 11.4 Å². The van der Waals surface area contributed by atoms with Gasteiger partial charge in [-0.15, -0.1) is 16.4 Å². The number of aromatic amines is 1. The predicted molar refractivity (Wildman–Crippen MR) is 91.2 cm³/mol. The fourth-order valence-electron chi connectivity index (χ4n) is 2.78. The van der Waals surface area contributed by atoms with Crippen molar-refractivity contribution in [3.05, 3.63) is 38.0 Å². The van der Waals surface area contributed by atoms with Gasteiger partial charge in [0.25, 0.3) is 5.91 Å². The number of nitrogens with one attached hydrogen (secondary N) is 1. The minimum Gasteiger partial charge on any atom is -0.461 e. The van der Waals surface area contributed by atoms with Gasteiger partial charge in [-0.1, -0.05) is 5.10 Å². The number of esters is 1. The van der Waals surface area contributed by atoms with Crippen molar-refractivity contribution < 1.29 is 19.2 Å². The number of carbonyl (C=O) groups excluding carboxylic acids is 2. The van der Waals surface area contributed by atoms with Gasteiger partial charge in [0.05, 0.1) is 17.7 Å². The fraction of sp³-hybridized carbons (Fsp3) is 0.467. The lowest BCUT2D eigenvalue weighted by Crippen LogP contribution is -2.38. The van der Waals surface area contributed by atoms with Crippen LogP contribution in [-0.4, -0.2) is 56.6 Å². The monoisotopic (exact) mass is 379 g/mol. The average Bonchev–Trinajstić information content (AvgIpc) is 3.31. The van der Waals surface area contributed by atoms with Crippen LogP contribution in [0.4, 0.5) is 5.82 Å². The van der Waals surface area contributed by atoms with Gasteiger partial charge in [-0.2, -0.15) is 0 Å². The van der Waals surface area contributed by atoms with Crippen molar-refractivity contribution in [2.75, 3.05) is 19.7 Å². The first-order valence-corrected chi connectivity index (χ1v) is 8.99. The van der Waals surface area contributed by atoms with E-state index in [1.807, 2.05) is 0 Å². The van der Waals surface area contributed by atoms with Crippen molar-refractivity contribution in [2.24, 2.45) is 0 Å². The molecule has 3 rings (SSSR count). The summed E-state index contributed by atoms with van der Waals surface area (Å²) < 4.78 is 4.94. The van der Waals surface area contributed by atoms with Crippen LogP contribution in [0.2, 0.25) is 0 Å². The Morgan fingerprint density at radius 1 is 1.42 bits per heavy atom. The zero-order valence-electron chi connectivity index (χ0n) is 14.0. The Labute approximate surface area is 152 Å². The van der Waals surface area contributed by atoms with Crippen LogP contribution in [0.5, 0.6) is 0 Å². The third kappa shape index (κ3) is 3.72. The Morgan fingerprint density at radius 3 is 2.77 bits per heavy atom. The minimum atomic E-state index is -0.625. The number of amides is 1. The summed E-state index contributed by atoms with van der Waals surface area (Å²) in [5.41, 5.74) is 0.350. The number of ether oxygens (including phenoxy) is 1. The summed E-state index contributed by atoms with van der Waals surface area (Å²) in [6, 6.07) is 1.14. The maximum atomic E-state index is 12.4. The molecule has 0 atom stereocenters. The summed E-state index contributed by atoms with van der Waals surface area (Å²) in [5.74, 6) is -0.903. The summed E-state index contributed by atoms with van der Waals surface area (Å²) in [6.45, 7) is 3.04. The predicted octanol–water partition coefficient (Wildman–Crippen LogP) is 1.97. The summed E-state index contributed by atoms with van der Waals surface area (Å²) in [6.07, 6.45) is 1.40. The van der Waals surface area contributed by atoms with E-state index in [9.17, 15) is 19.7 Å². The molecule has 0 aliphatic carbocycles. The zero-order chi connectivity index (χ0) is 18.7. The van der Waals surface area contributed by atoms with Crippen LogP contribution >= 0.6 is 11.3 Å². The first kappa shape index (κ1) is 18.0. The number of carbonyl (C=O) groups is 2. The van der Waals surface area contributed by atoms with E-state index in [4.69, 9.17) is 4.74 Å². The third-order valence-electron chi connectivity index (χ3n) is 4.12. The number of likely N-dealkylation sites (tertiary alicyclic amines) is 1. The summed E-state index contributed by atoms with van der Waals surface area (Å²) in [5, 5.41) is 19.2. The molecule has 1 aliphatic rings. The van der Waals surface area contributed by atoms with Crippen molar-refractivity contribution >= 4 is 29.0 Å². The van der Waals surface area contributed by atoms with Gasteiger partial charge < -0.3 is 19.8 Å². The van der Waals surface area contributed by atoms with Crippen molar-refractivity contribution in [1.82, 2.24) is 20.1 Å². The van der Waals surface area contributed by atoms with Crippen LogP contribution in [0.25, 0.3) is 0 Å². The van der Waals surface area contributed by atoms with Crippen LogP contribution in [0.1, 0.15) is 51.7 Å². The number of hydrogen-bond donors (Lipinski definition) is 1. The first-order chi connectivity index (χ1) is 12.5. The standard InChI is InChI=1S/C15H17N5O5S/c1-2-25-15(22)11-8-26-13(16-11)9-3-5-19(6-4-9)14(21)10-7-12(18-17-10)20(23)24/h7-9H,2-6H2,1H3,(H,17,18). The third-order valence-corrected chi connectivity index (χ3v) is 5.13. The van der Waals surface area contributed by atoms with E-state index in [1.54, 1.807) is 17.2 Å². The molecule has 2 aromatic rings. The van der Waals surface area contributed by atoms with Gasteiger partial charge in [0.2, 0.25) is 0 Å². The molecular formula is C15H17N5O5S. The van der Waals surface area contributed by atoms with E-state index in [0.29, 0.717) is 38.2 Å². The number of piperidine rings is 1. The van der Waals surface area contributed by atoms with Gasteiger partial charge in [-0.3, -0.25) is 4.79 Å². The van der Waals surface area contributed by atoms with E-state index in [2.05, 4.69) is 15.2 Å². The van der Waals surface area contributed by atoms with E-state index in [1.165, 1.54) is 11.3 Å². The molecule has 0 bridgehead atoms. The molecule has 138 valence electrons. The molecule has 1 aliphatic heterocycles. The molecule has 1 N–H and O–H groups in total. The van der Waals surface area contributed by atoms with Crippen molar-refractivity contribution in [3.63, 3.8) is 0 Å². The molecule has 0 aromatic carbocycles. The van der Waals surface area contributed by atoms with E-state index in [-0.39, 0.29) is 23.3 Å².